The second-order valence-corrected chi connectivity index (χ2v) is 7.39. The maximum atomic E-state index is 12.1. The predicted octanol–water partition coefficient (Wildman–Crippen LogP) is 4.95. The summed E-state index contributed by atoms with van der Waals surface area (Å²) in [6, 6.07) is 28.1. The van der Waals surface area contributed by atoms with Crippen LogP contribution in [0.1, 0.15) is 11.1 Å². The molecule has 4 aromatic rings. The molecule has 0 aliphatic heterocycles. The van der Waals surface area contributed by atoms with Crippen molar-refractivity contribution in [3.05, 3.63) is 108 Å². The lowest BCUT2D eigenvalue weighted by molar-refractivity contribution is -0.118. The first-order chi connectivity index (χ1) is 15.7. The van der Waals surface area contributed by atoms with Gasteiger partial charge in [-0.1, -0.05) is 84.9 Å². The Labute approximate surface area is 187 Å². The van der Waals surface area contributed by atoms with E-state index in [2.05, 4.69) is 10.6 Å². The third-order valence-electron chi connectivity index (χ3n) is 5.20. The maximum Gasteiger partial charge on any atom is 0.244 e. The molecule has 0 spiro atoms. The summed E-state index contributed by atoms with van der Waals surface area (Å²) in [4.78, 5) is 24.2. The maximum absolute atomic E-state index is 12.1. The average Bonchev–Trinajstić information content (AvgIpc) is 2.84. The fourth-order valence-corrected chi connectivity index (χ4v) is 3.61. The molecule has 4 heteroatoms. The van der Waals surface area contributed by atoms with E-state index in [0.29, 0.717) is 13.1 Å². The Bertz CT molecular complexity index is 1210. The van der Waals surface area contributed by atoms with Crippen LogP contribution in [0.2, 0.25) is 0 Å². The van der Waals surface area contributed by atoms with Crippen molar-refractivity contribution in [2.45, 2.75) is 0 Å². The van der Waals surface area contributed by atoms with Crippen molar-refractivity contribution in [2.75, 3.05) is 13.1 Å². The van der Waals surface area contributed by atoms with Crippen LogP contribution in [0.15, 0.2) is 97.1 Å². The molecule has 0 fully saturated rings. The molecule has 0 atom stereocenters. The van der Waals surface area contributed by atoms with Gasteiger partial charge < -0.3 is 10.6 Å². The number of benzene rings is 4. The van der Waals surface area contributed by atoms with Gasteiger partial charge in [-0.25, -0.2) is 0 Å². The first kappa shape index (κ1) is 21.1. The Balaban J connectivity index is 1.25. The first-order valence-corrected chi connectivity index (χ1v) is 10.6. The van der Waals surface area contributed by atoms with E-state index in [1.54, 1.807) is 0 Å². The van der Waals surface area contributed by atoms with Crippen LogP contribution in [-0.4, -0.2) is 24.9 Å². The summed E-state index contributed by atoms with van der Waals surface area (Å²) in [7, 11) is 0. The van der Waals surface area contributed by atoms with Gasteiger partial charge in [-0.15, -0.1) is 0 Å². The van der Waals surface area contributed by atoms with Gasteiger partial charge in [-0.2, -0.15) is 0 Å². The van der Waals surface area contributed by atoms with Crippen LogP contribution in [0, 0.1) is 0 Å². The van der Waals surface area contributed by atoms with Gasteiger partial charge >= 0.3 is 0 Å². The largest absolute Gasteiger partial charge is 0.351 e. The summed E-state index contributed by atoms with van der Waals surface area (Å²) in [5, 5.41) is 10.0. The SMILES string of the molecule is O=C(/C=C/c1cccc2ccccc12)NCCNC(=O)/C=C/c1cccc2ccccc12. The van der Waals surface area contributed by atoms with Gasteiger partial charge in [0, 0.05) is 25.2 Å². The highest BCUT2D eigenvalue weighted by Crippen LogP contribution is 2.20. The monoisotopic (exact) mass is 420 g/mol. The second kappa shape index (κ2) is 10.2. The Kier molecular flexibility index (Phi) is 6.73. The Morgan fingerprint density at radius 1 is 0.562 bits per heavy atom. The molecule has 0 heterocycles. The molecule has 0 aliphatic rings. The second-order valence-electron chi connectivity index (χ2n) is 7.39. The van der Waals surface area contributed by atoms with Crippen LogP contribution in [0.3, 0.4) is 0 Å². The van der Waals surface area contributed by atoms with Crippen molar-refractivity contribution >= 4 is 45.5 Å². The molecule has 0 aromatic heterocycles. The van der Waals surface area contributed by atoms with E-state index in [1.807, 2.05) is 97.1 Å². The van der Waals surface area contributed by atoms with Crippen LogP contribution in [0.25, 0.3) is 33.7 Å². The quantitative estimate of drug-likeness (QED) is 0.328. The summed E-state index contributed by atoms with van der Waals surface area (Å²) in [5.41, 5.74) is 1.98. The van der Waals surface area contributed by atoms with Crippen molar-refractivity contribution in [2.24, 2.45) is 0 Å². The molecule has 0 aliphatic carbocycles. The number of hydrogen-bond donors (Lipinski definition) is 2. The lowest BCUT2D eigenvalue weighted by Crippen LogP contribution is -2.33. The minimum atomic E-state index is -0.196. The topological polar surface area (TPSA) is 58.2 Å². The van der Waals surface area contributed by atoms with Gasteiger partial charge in [-0.3, -0.25) is 9.59 Å². The van der Waals surface area contributed by atoms with Gasteiger partial charge in [-0.05, 0) is 44.8 Å². The molecule has 0 saturated carbocycles. The van der Waals surface area contributed by atoms with E-state index in [0.717, 1.165) is 32.7 Å². The highest BCUT2D eigenvalue weighted by atomic mass is 16.2. The summed E-state index contributed by atoms with van der Waals surface area (Å²) in [6.45, 7) is 0.707. The molecule has 0 unspecified atom stereocenters. The van der Waals surface area contributed by atoms with E-state index in [9.17, 15) is 9.59 Å². The molecule has 4 aromatic carbocycles. The molecule has 32 heavy (non-hydrogen) atoms. The standard InChI is InChI=1S/C28H24N2O2/c31-27(17-15-23-11-5-9-21-7-1-3-13-25(21)23)29-19-20-30-28(32)18-16-24-12-6-10-22-8-2-4-14-26(22)24/h1-18H,19-20H2,(H,29,31)(H,30,32)/b17-15+,18-16+. The zero-order valence-electron chi connectivity index (χ0n) is 17.6. The molecule has 2 N–H and O–H groups in total. The molecule has 0 radical (unpaired) electrons. The van der Waals surface area contributed by atoms with Crippen molar-refractivity contribution < 1.29 is 9.59 Å². The average molecular weight is 421 g/mol. The summed E-state index contributed by atoms with van der Waals surface area (Å²) in [5.74, 6) is -0.392. The molecular weight excluding hydrogens is 396 g/mol. The van der Waals surface area contributed by atoms with Crippen molar-refractivity contribution in [1.29, 1.82) is 0 Å². The molecule has 2 amide bonds. The van der Waals surface area contributed by atoms with E-state index in [1.165, 1.54) is 12.2 Å². The van der Waals surface area contributed by atoms with Gasteiger partial charge in [0.2, 0.25) is 11.8 Å². The number of rotatable bonds is 7. The minimum absolute atomic E-state index is 0.196. The minimum Gasteiger partial charge on any atom is -0.351 e. The molecule has 4 rings (SSSR count). The number of carbonyl (C=O) groups is 2. The third-order valence-corrected chi connectivity index (χ3v) is 5.20. The highest BCUT2D eigenvalue weighted by Gasteiger charge is 2.01. The Hall–Kier alpha value is -4.18. The Morgan fingerprint density at radius 2 is 0.969 bits per heavy atom. The van der Waals surface area contributed by atoms with Gasteiger partial charge in [0.15, 0.2) is 0 Å². The van der Waals surface area contributed by atoms with E-state index in [-0.39, 0.29) is 11.8 Å². The number of carbonyl (C=O) groups excluding carboxylic acids is 2. The van der Waals surface area contributed by atoms with Crippen LogP contribution in [-0.2, 0) is 9.59 Å². The van der Waals surface area contributed by atoms with E-state index >= 15 is 0 Å². The van der Waals surface area contributed by atoms with Crippen molar-refractivity contribution in [3.8, 4) is 0 Å². The van der Waals surface area contributed by atoms with Crippen molar-refractivity contribution in [1.82, 2.24) is 10.6 Å². The zero-order valence-corrected chi connectivity index (χ0v) is 17.6. The van der Waals surface area contributed by atoms with Crippen molar-refractivity contribution in [3.63, 3.8) is 0 Å². The van der Waals surface area contributed by atoms with Gasteiger partial charge in [0.05, 0.1) is 0 Å². The van der Waals surface area contributed by atoms with Crippen LogP contribution < -0.4 is 10.6 Å². The smallest absolute Gasteiger partial charge is 0.244 e. The molecule has 0 saturated heterocycles. The summed E-state index contributed by atoms with van der Waals surface area (Å²) in [6.07, 6.45) is 6.65. The number of hydrogen-bond acceptors (Lipinski definition) is 2. The zero-order chi connectivity index (χ0) is 22.2. The number of fused-ring (bicyclic) bond motifs is 2. The van der Waals surface area contributed by atoms with Crippen LogP contribution in [0.4, 0.5) is 0 Å². The fraction of sp³-hybridized carbons (Fsp3) is 0.0714. The number of amides is 2. The number of nitrogens with one attached hydrogen (secondary N) is 2. The molecule has 4 nitrogen and oxygen atoms in total. The predicted molar refractivity (Wildman–Crippen MR) is 132 cm³/mol. The van der Waals surface area contributed by atoms with Gasteiger partial charge in [0.1, 0.15) is 0 Å². The molecular formula is C28H24N2O2. The Morgan fingerprint density at radius 3 is 1.44 bits per heavy atom. The first-order valence-electron chi connectivity index (χ1n) is 10.6. The van der Waals surface area contributed by atoms with Gasteiger partial charge in [0.25, 0.3) is 0 Å². The lowest BCUT2D eigenvalue weighted by atomic mass is 10.0. The van der Waals surface area contributed by atoms with E-state index < -0.39 is 0 Å². The summed E-state index contributed by atoms with van der Waals surface area (Å²) >= 11 is 0. The normalized spacial score (nSPS) is 11.4. The summed E-state index contributed by atoms with van der Waals surface area (Å²) < 4.78 is 0. The fourth-order valence-electron chi connectivity index (χ4n) is 3.61. The third kappa shape index (κ3) is 5.29. The lowest BCUT2D eigenvalue weighted by Gasteiger charge is -2.05. The van der Waals surface area contributed by atoms with Crippen LogP contribution >= 0.6 is 0 Å². The molecule has 0 bridgehead atoms. The van der Waals surface area contributed by atoms with Crippen LogP contribution in [0.5, 0.6) is 0 Å². The highest BCUT2D eigenvalue weighted by molar-refractivity contribution is 5.98. The van der Waals surface area contributed by atoms with E-state index in [4.69, 9.17) is 0 Å². The molecule has 158 valence electrons.